The molecule has 0 unspecified atom stereocenters. The van der Waals surface area contributed by atoms with E-state index < -0.39 is 10.0 Å². The number of benzene rings is 1. The van der Waals surface area contributed by atoms with Crippen molar-refractivity contribution in [3.05, 3.63) is 27.7 Å². The summed E-state index contributed by atoms with van der Waals surface area (Å²) in [5, 5.41) is 3.48. The van der Waals surface area contributed by atoms with Crippen LogP contribution in [-0.4, -0.2) is 34.7 Å². The number of rotatable bonds is 5. The molecule has 1 aliphatic rings. The summed E-state index contributed by atoms with van der Waals surface area (Å²) in [6.45, 7) is 1.56. The first-order chi connectivity index (χ1) is 9.94. The number of sulfonamides is 1. The summed E-state index contributed by atoms with van der Waals surface area (Å²) in [6, 6.07) is 2.91. The Bertz CT molecular complexity index is 602. The van der Waals surface area contributed by atoms with Crippen molar-refractivity contribution in [1.29, 1.82) is 0 Å². The normalized spacial score (nSPS) is 17.1. The van der Waals surface area contributed by atoms with Gasteiger partial charge in [-0.25, -0.2) is 13.1 Å². The van der Waals surface area contributed by atoms with Gasteiger partial charge in [0.05, 0.1) is 5.02 Å². The van der Waals surface area contributed by atoms with E-state index in [4.69, 9.17) is 27.9 Å². The monoisotopic (exact) mass is 352 g/mol. The molecule has 0 spiro atoms. The Labute approximate surface area is 135 Å². The highest BCUT2D eigenvalue weighted by Gasteiger charge is 2.25. The predicted molar refractivity (Wildman–Crippen MR) is 83.4 cm³/mol. The minimum atomic E-state index is -3.70. The lowest BCUT2D eigenvalue weighted by atomic mass is 10.1. The van der Waals surface area contributed by atoms with Crippen LogP contribution in [-0.2, 0) is 21.3 Å². The summed E-state index contributed by atoms with van der Waals surface area (Å²) in [5.41, 5.74) is 0.652. The zero-order valence-corrected chi connectivity index (χ0v) is 14.0. The van der Waals surface area contributed by atoms with Gasteiger partial charge >= 0.3 is 0 Å². The molecule has 1 aliphatic heterocycles. The molecule has 1 fully saturated rings. The van der Waals surface area contributed by atoms with Crippen LogP contribution in [0.15, 0.2) is 17.0 Å². The van der Waals surface area contributed by atoms with Crippen LogP contribution < -0.4 is 10.0 Å². The first-order valence-electron chi connectivity index (χ1n) is 6.66. The average molecular weight is 353 g/mol. The van der Waals surface area contributed by atoms with E-state index in [-0.39, 0.29) is 16.0 Å². The van der Waals surface area contributed by atoms with Gasteiger partial charge < -0.3 is 10.1 Å². The van der Waals surface area contributed by atoms with E-state index in [1.165, 1.54) is 6.07 Å². The Morgan fingerprint density at radius 2 is 1.95 bits per heavy atom. The van der Waals surface area contributed by atoms with E-state index in [1.54, 1.807) is 13.1 Å². The van der Waals surface area contributed by atoms with Crippen molar-refractivity contribution in [2.75, 3.05) is 20.3 Å². The fourth-order valence-corrected chi connectivity index (χ4v) is 4.47. The summed E-state index contributed by atoms with van der Waals surface area (Å²) in [6.07, 6.45) is 1.31. The fraction of sp³-hybridized carbons (Fsp3) is 0.538. The highest BCUT2D eigenvalue weighted by atomic mass is 35.5. The van der Waals surface area contributed by atoms with Crippen molar-refractivity contribution in [3.63, 3.8) is 0 Å². The molecule has 8 heteroatoms. The van der Waals surface area contributed by atoms with E-state index in [9.17, 15) is 8.42 Å². The van der Waals surface area contributed by atoms with Crippen molar-refractivity contribution in [2.24, 2.45) is 0 Å². The lowest BCUT2D eigenvalue weighted by Crippen LogP contribution is -2.39. The number of hydrogen-bond donors (Lipinski definition) is 2. The van der Waals surface area contributed by atoms with Gasteiger partial charge in [-0.3, -0.25) is 0 Å². The molecule has 5 nitrogen and oxygen atoms in total. The average Bonchev–Trinajstić information content (AvgIpc) is 2.43. The van der Waals surface area contributed by atoms with Crippen LogP contribution in [0.4, 0.5) is 0 Å². The van der Waals surface area contributed by atoms with Gasteiger partial charge in [0.25, 0.3) is 0 Å². The molecule has 0 aliphatic carbocycles. The number of ether oxygens (including phenoxy) is 1. The molecule has 0 atom stereocenters. The molecular formula is C13H18Cl2N2O3S. The molecule has 0 aromatic heterocycles. The van der Waals surface area contributed by atoms with Crippen molar-refractivity contribution in [1.82, 2.24) is 10.0 Å². The Hall–Kier alpha value is -0.370. The molecule has 1 aromatic rings. The summed E-state index contributed by atoms with van der Waals surface area (Å²) in [4.78, 5) is 0.0217. The summed E-state index contributed by atoms with van der Waals surface area (Å²) in [7, 11) is -1.95. The van der Waals surface area contributed by atoms with Gasteiger partial charge in [0.1, 0.15) is 4.90 Å². The molecule has 2 rings (SSSR count). The Morgan fingerprint density at radius 3 is 2.57 bits per heavy atom. The highest BCUT2D eigenvalue weighted by Crippen LogP contribution is 2.30. The van der Waals surface area contributed by atoms with Crippen LogP contribution >= 0.6 is 23.2 Å². The number of hydrogen-bond acceptors (Lipinski definition) is 4. The molecule has 2 N–H and O–H groups in total. The molecule has 0 radical (unpaired) electrons. The second-order valence-corrected chi connectivity index (χ2v) is 7.41. The molecule has 0 saturated carbocycles. The molecule has 0 bridgehead atoms. The second-order valence-electron chi connectivity index (χ2n) is 4.92. The van der Waals surface area contributed by atoms with Gasteiger partial charge in [-0.15, -0.1) is 0 Å². The Balaban J connectivity index is 2.30. The molecule has 21 heavy (non-hydrogen) atoms. The minimum Gasteiger partial charge on any atom is -0.381 e. The van der Waals surface area contributed by atoms with Crippen molar-refractivity contribution in [3.8, 4) is 0 Å². The third kappa shape index (κ3) is 4.31. The molecule has 1 heterocycles. The van der Waals surface area contributed by atoms with E-state index >= 15 is 0 Å². The summed E-state index contributed by atoms with van der Waals surface area (Å²) in [5.74, 6) is 0. The third-order valence-corrected chi connectivity index (χ3v) is 5.60. The first kappa shape index (κ1) is 17.0. The number of nitrogens with one attached hydrogen (secondary N) is 2. The van der Waals surface area contributed by atoms with Crippen molar-refractivity contribution in [2.45, 2.75) is 30.3 Å². The van der Waals surface area contributed by atoms with Crippen LogP contribution in [0.25, 0.3) is 0 Å². The largest absolute Gasteiger partial charge is 0.381 e. The number of halogens is 2. The lowest BCUT2D eigenvalue weighted by molar-refractivity contribution is 0.0832. The molecular weight excluding hydrogens is 335 g/mol. The SMILES string of the molecule is CNCc1cc(Cl)cc(S(=O)(=O)NC2CCOCC2)c1Cl. The fourth-order valence-electron chi connectivity index (χ4n) is 2.23. The molecule has 1 aromatic carbocycles. The third-order valence-electron chi connectivity index (χ3n) is 3.28. The van der Waals surface area contributed by atoms with Gasteiger partial charge in [0.2, 0.25) is 10.0 Å². The lowest BCUT2D eigenvalue weighted by Gasteiger charge is -2.23. The van der Waals surface area contributed by atoms with E-state index in [0.717, 1.165) is 0 Å². The van der Waals surface area contributed by atoms with Crippen LogP contribution in [0, 0.1) is 0 Å². The zero-order chi connectivity index (χ0) is 15.5. The van der Waals surface area contributed by atoms with Gasteiger partial charge in [-0.2, -0.15) is 0 Å². The first-order valence-corrected chi connectivity index (χ1v) is 8.90. The smallest absolute Gasteiger partial charge is 0.242 e. The molecule has 0 amide bonds. The van der Waals surface area contributed by atoms with Gasteiger partial charge in [0, 0.05) is 30.8 Å². The maximum atomic E-state index is 12.5. The van der Waals surface area contributed by atoms with E-state index in [2.05, 4.69) is 10.0 Å². The maximum Gasteiger partial charge on any atom is 0.242 e. The van der Waals surface area contributed by atoms with Crippen LogP contribution in [0.3, 0.4) is 0 Å². The zero-order valence-electron chi connectivity index (χ0n) is 11.7. The summed E-state index contributed by atoms with van der Waals surface area (Å²) < 4.78 is 32.9. The molecule has 118 valence electrons. The second kappa shape index (κ2) is 7.26. The van der Waals surface area contributed by atoms with E-state index in [1.807, 2.05) is 0 Å². The predicted octanol–water partition coefficient (Wildman–Crippen LogP) is 2.17. The highest BCUT2D eigenvalue weighted by molar-refractivity contribution is 7.89. The van der Waals surface area contributed by atoms with Gasteiger partial charge in [0.15, 0.2) is 0 Å². The van der Waals surface area contributed by atoms with Crippen molar-refractivity contribution >= 4 is 33.2 Å². The topological polar surface area (TPSA) is 67.4 Å². The quantitative estimate of drug-likeness (QED) is 0.852. The minimum absolute atomic E-state index is 0.0217. The summed E-state index contributed by atoms with van der Waals surface area (Å²) >= 11 is 12.2. The Morgan fingerprint density at radius 1 is 1.29 bits per heavy atom. The Kier molecular flexibility index (Phi) is 5.88. The van der Waals surface area contributed by atoms with Gasteiger partial charge in [-0.05, 0) is 37.6 Å². The van der Waals surface area contributed by atoms with Crippen LogP contribution in [0.1, 0.15) is 18.4 Å². The van der Waals surface area contributed by atoms with Crippen LogP contribution in [0.2, 0.25) is 10.0 Å². The standard InChI is InChI=1S/C13H18Cl2N2O3S/c1-16-8-9-6-10(14)7-12(13(9)15)21(18,19)17-11-2-4-20-5-3-11/h6-7,11,16-17H,2-5,8H2,1H3. The van der Waals surface area contributed by atoms with E-state index in [0.29, 0.717) is 43.2 Å². The van der Waals surface area contributed by atoms with Gasteiger partial charge in [-0.1, -0.05) is 23.2 Å². The van der Waals surface area contributed by atoms with Crippen LogP contribution in [0.5, 0.6) is 0 Å². The maximum absolute atomic E-state index is 12.5. The molecule has 1 saturated heterocycles. The van der Waals surface area contributed by atoms with Crippen molar-refractivity contribution < 1.29 is 13.2 Å².